The first-order valence-corrected chi connectivity index (χ1v) is 33.6. The van der Waals surface area contributed by atoms with E-state index in [1.165, 1.54) is 32.3 Å². The summed E-state index contributed by atoms with van der Waals surface area (Å²) in [6, 6.07) is 96.9. The molecule has 0 unspecified atom stereocenters. The smallest absolute Gasteiger partial charge is 0.269 e. The summed E-state index contributed by atoms with van der Waals surface area (Å²) in [5, 5.41) is 6.94. The van der Waals surface area contributed by atoms with Crippen LogP contribution in [0.4, 0.5) is 0 Å². The van der Waals surface area contributed by atoms with Gasteiger partial charge >= 0.3 is 0 Å². The van der Waals surface area contributed by atoms with E-state index in [1.54, 1.807) is 12.3 Å². The van der Waals surface area contributed by atoms with Crippen molar-refractivity contribution in [2.45, 2.75) is 85.4 Å². The monoisotopic (exact) mass is 1200 g/mol. The Balaban J connectivity index is 0.872. The number of benzene rings is 11. The Morgan fingerprint density at radius 1 is 0.418 bits per heavy atom. The number of fused-ring (bicyclic) bond motifs is 4. The van der Waals surface area contributed by atoms with Gasteiger partial charge in [-0.15, -0.1) is 0 Å². The highest BCUT2D eigenvalue weighted by Crippen LogP contribution is 2.38. The van der Waals surface area contributed by atoms with E-state index in [4.69, 9.17) is 9.72 Å². The Labute approximate surface area is 541 Å². The molecule has 0 aliphatic rings. The fourth-order valence-electron chi connectivity index (χ4n) is 13.2. The lowest BCUT2D eigenvalue weighted by molar-refractivity contribution is -0.572. The van der Waals surface area contributed by atoms with Crippen molar-refractivity contribution < 1.29 is 13.4 Å². The van der Waals surface area contributed by atoms with Crippen LogP contribution in [-0.2, 0) is 16.2 Å². The lowest BCUT2D eigenvalue weighted by Gasteiger charge is -2.37. The molecule has 3 heterocycles. The molecule has 6 heteroatoms. The molecule has 5 nitrogen and oxygen atoms in total. The van der Waals surface area contributed by atoms with Crippen molar-refractivity contribution in [1.29, 1.82) is 0 Å². The van der Waals surface area contributed by atoms with Gasteiger partial charge in [-0.1, -0.05) is 269 Å². The highest BCUT2D eigenvalue weighted by molar-refractivity contribution is 7.20. The van der Waals surface area contributed by atoms with Crippen LogP contribution in [0.1, 0.15) is 88.7 Å². The number of aromatic nitrogens is 4. The van der Waals surface area contributed by atoms with E-state index in [9.17, 15) is 4.11 Å². The maximum absolute atomic E-state index is 9.33. The first kappa shape index (κ1) is 55.0. The lowest BCUT2D eigenvalue weighted by Crippen LogP contribution is -2.75. The minimum atomic E-state index is -3.26. The second-order valence-electron chi connectivity index (χ2n) is 27.3. The van der Waals surface area contributed by atoms with Crippen LogP contribution < -0.4 is 30.1 Å². The largest absolute Gasteiger partial charge is 0.458 e. The van der Waals surface area contributed by atoms with Gasteiger partial charge in [-0.25, -0.2) is 4.98 Å². The zero-order chi connectivity index (χ0) is 65.3. The number of hydrogen-bond acceptors (Lipinski definition) is 2. The highest BCUT2D eigenvalue weighted by Gasteiger charge is 2.43. The summed E-state index contributed by atoms with van der Waals surface area (Å²) in [5.41, 5.74) is 15.1. The van der Waals surface area contributed by atoms with Crippen LogP contribution in [0, 0.1) is 13.2 Å². The van der Waals surface area contributed by atoms with E-state index in [0.717, 1.165) is 77.2 Å². The van der Waals surface area contributed by atoms with Crippen LogP contribution >= 0.6 is 0 Å². The molecule has 11 aromatic carbocycles. The number of nitrogens with zero attached hydrogens (tertiary/aromatic N) is 4. The summed E-state index contributed by atoms with van der Waals surface area (Å²) in [6.45, 7) is 18.0. The lowest BCUT2D eigenvalue weighted by atomic mass is 9.87. The third-order valence-corrected chi connectivity index (χ3v) is 22.8. The highest BCUT2D eigenvalue weighted by atomic mass is 28.3. The molecule has 0 saturated heterocycles. The summed E-state index contributed by atoms with van der Waals surface area (Å²) in [6.07, 6.45) is 5.52. The SMILES string of the molecule is [2H]C([2H])([2H])c1cc(-n2c3ccccc3c3ccc(Oc4cccc(-n5[c-][n+](-c6cc(-c7ccccc7)cc(-c7ccccc7)c6)c6ccccc65)c4)cc32)ncc1-c1cccc([Si](c2cccc(C(C)(C)C)c2)(c2cccc(C(C)(C)C)c2)c2cccc(C(C)(C)C)c2)c1. The second kappa shape index (κ2) is 23.0. The van der Waals surface area contributed by atoms with Gasteiger partial charge in [0.05, 0.1) is 33.4 Å². The predicted octanol–water partition coefficient (Wildman–Crippen LogP) is 18.6. The number of hydrogen-bond donors (Lipinski definition) is 0. The van der Waals surface area contributed by atoms with Crippen LogP contribution in [0.15, 0.2) is 279 Å². The Morgan fingerprint density at radius 2 is 0.923 bits per heavy atom. The molecule has 0 bridgehead atoms. The Hall–Kier alpha value is -10.1. The summed E-state index contributed by atoms with van der Waals surface area (Å²) in [4.78, 5) is 5.28. The van der Waals surface area contributed by atoms with E-state index in [2.05, 4.69) is 295 Å². The van der Waals surface area contributed by atoms with E-state index in [-0.39, 0.29) is 21.8 Å². The molecule has 91 heavy (non-hydrogen) atoms. The molecular weight excluding hydrogens is 1120 g/mol. The molecule has 0 atom stereocenters. The van der Waals surface area contributed by atoms with Crippen LogP contribution in [0.3, 0.4) is 0 Å². The first-order valence-electron chi connectivity index (χ1n) is 33.1. The molecule has 14 rings (SSSR count). The van der Waals surface area contributed by atoms with Crippen molar-refractivity contribution in [2.75, 3.05) is 0 Å². The third kappa shape index (κ3) is 11.0. The summed E-state index contributed by atoms with van der Waals surface area (Å²) in [7, 11) is -3.26. The van der Waals surface area contributed by atoms with Gasteiger partial charge in [0, 0.05) is 32.7 Å². The number of aryl methyl sites for hydroxylation is 1. The Morgan fingerprint density at radius 3 is 1.52 bits per heavy atom. The minimum Gasteiger partial charge on any atom is -0.458 e. The molecule has 0 saturated carbocycles. The zero-order valence-electron chi connectivity index (χ0n) is 56.3. The van der Waals surface area contributed by atoms with Gasteiger partial charge in [-0.05, 0) is 155 Å². The second-order valence-corrected chi connectivity index (χ2v) is 31.1. The Bertz CT molecular complexity index is 4980. The van der Waals surface area contributed by atoms with E-state index in [0.29, 0.717) is 22.9 Å². The van der Waals surface area contributed by atoms with Gasteiger partial charge in [0.1, 0.15) is 17.3 Å². The molecule has 0 N–H and O–H groups in total. The molecule has 446 valence electrons. The van der Waals surface area contributed by atoms with Crippen LogP contribution in [0.2, 0.25) is 0 Å². The molecule has 0 aliphatic heterocycles. The molecule has 0 fully saturated rings. The zero-order valence-corrected chi connectivity index (χ0v) is 54.3. The van der Waals surface area contributed by atoms with Crippen molar-refractivity contribution in [3.8, 4) is 62.1 Å². The number of para-hydroxylation sites is 3. The normalized spacial score (nSPS) is 12.9. The minimum absolute atomic E-state index is 0.117. The van der Waals surface area contributed by atoms with Gasteiger partial charge in [-0.3, -0.25) is 13.7 Å². The van der Waals surface area contributed by atoms with Gasteiger partial charge in [-0.2, -0.15) is 0 Å². The summed E-state index contributed by atoms with van der Waals surface area (Å²) >= 11 is 0. The topological polar surface area (TPSA) is 35.9 Å². The predicted molar refractivity (Wildman–Crippen MR) is 383 cm³/mol. The van der Waals surface area contributed by atoms with Gasteiger partial charge in [0.15, 0.2) is 8.07 Å². The molecular formula is C85H76N4OSi. The van der Waals surface area contributed by atoms with Crippen molar-refractivity contribution in [1.82, 2.24) is 14.1 Å². The molecule has 3 aromatic heterocycles. The van der Waals surface area contributed by atoms with E-state index >= 15 is 0 Å². The summed E-state index contributed by atoms with van der Waals surface area (Å²) < 4.78 is 41.2. The molecule has 0 radical (unpaired) electrons. The van der Waals surface area contributed by atoms with Crippen molar-refractivity contribution in [3.05, 3.63) is 308 Å². The van der Waals surface area contributed by atoms with E-state index in [1.807, 2.05) is 54.6 Å². The third-order valence-electron chi connectivity index (χ3n) is 18.1. The van der Waals surface area contributed by atoms with Crippen LogP contribution in [0.25, 0.3) is 83.4 Å². The van der Waals surface area contributed by atoms with Crippen molar-refractivity contribution >= 4 is 61.7 Å². The number of pyridine rings is 1. The first-order chi connectivity index (χ1) is 45.1. The van der Waals surface area contributed by atoms with Gasteiger partial charge < -0.3 is 4.74 Å². The number of imidazole rings is 1. The van der Waals surface area contributed by atoms with Crippen LogP contribution in [0.5, 0.6) is 11.5 Å². The van der Waals surface area contributed by atoms with Crippen LogP contribution in [-0.4, -0.2) is 22.2 Å². The van der Waals surface area contributed by atoms with Crippen molar-refractivity contribution in [2.24, 2.45) is 0 Å². The Kier molecular flexibility index (Phi) is 13.9. The maximum Gasteiger partial charge on any atom is 0.269 e. The fraction of sp³-hybridized carbons (Fsp3) is 0.153. The standard InChI is InChI=1S/C85H76N4OSi/c1-58-46-82(86-56-77(58)61-30-21-36-71(50-61)91(72-37-22-31-64(51-72)83(2,3)4,73-38-23-32-65(52-73)84(5,6)7)74-39-24-33-66(53-74)85(8,9)10)89-78-41-18-17-40-75(78)76-45-44-70(55-81(76)89)90-69-35-25-34-67(54-69)87-57-88(80-43-20-19-42-79(80)87)68-48-62(59-26-13-11-14-27-59)47-63(49-68)60-28-15-12-16-29-60/h11-56H,1-10H3/i1D3. The molecule has 0 aliphatic carbocycles. The average Bonchev–Trinajstić information content (AvgIpc) is 0.768. The summed E-state index contributed by atoms with van der Waals surface area (Å²) in [5.74, 6) is 1.75. The molecule has 14 aromatic rings. The molecule has 0 spiro atoms. The van der Waals surface area contributed by atoms with E-state index < -0.39 is 14.9 Å². The fourth-order valence-corrected chi connectivity index (χ4v) is 18.1. The van der Waals surface area contributed by atoms with Crippen molar-refractivity contribution in [3.63, 3.8) is 0 Å². The quantitative estimate of drug-likeness (QED) is 0.0529. The number of rotatable bonds is 12. The average molecular weight is 1200 g/mol. The van der Waals surface area contributed by atoms with Gasteiger partial charge in [0.2, 0.25) is 0 Å². The maximum atomic E-state index is 9.33. The van der Waals surface area contributed by atoms with Gasteiger partial charge in [0.25, 0.3) is 6.33 Å². The number of ether oxygens (including phenoxy) is 1. The molecule has 0 amide bonds.